The summed E-state index contributed by atoms with van der Waals surface area (Å²) in [6, 6.07) is 11.5. The number of nitriles is 1. The zero-order valence-corrected chi connectivity index (χ0v) is 20.5. The van der Waals surface area contributed by atoms with Crippen LogP contribution in [0.1, 0.15) is 53.6 Å². The number of ether oxygens (including phenoxy) is 1. The lowest BCUT2D eigenvalue weighted by atomic mass is 10.1. The standard InChI is InChI=1S/C24H24N4O3S2/c1-5-17-7-9-20(10-8-17)28(16(4)29)24-27-19(14-33-24)13-32-22-18(12-25)11-21(15(3)26-22)23(30)31-6-2/h7-11,14H,5-6,13H2,1-4H3. The van der Waals surface area contributed by atoms with Gasteiger partial charge in [0.05, 0.1) is 34.8 Å². The molecule has 0 fully saturated rings. The first-order valence-corrected chi connectivity index (χ1v) is 12.3. The van der Waals surface area contributed by atoms with E-state index in [0.29, 0.717) is 32.7 Å². The minimum atomic E-state index is -0.490. The van der Waals surface area contributed by atoms with Crippen LogP contribution in [-0.2, 0) is 21.7 Å². The maximum Gasteiger partial charge on any atom is 0.340 e. The van der Waals surface area contributed by atoms with E-state index in [2.05, 4.69) is 23.0 Å². The van der Waals surface area contributed by atoms with E-state index in [1.54, 1.807) is 18.7 Å². The van der Waals surface area contributed by atoms with Gasteiger partial charge >= 0.3 is 5.97 Å². The van der Waals surface area contributed by atoms with Gasteiger partial charge in [-0.25, -0.2) is 14.8 Å². The highest BCUT2D eigenvalue weighted by molar-refractivity contribution is 7.98. The molecule has 0 bridgehead atoms. The maximum atomic E-state index is 12.3. The van der Waals surface area contributed by atoms with Crippen molar-refractivity contribution in [2.45, 2.75) is 44.9 Å². The first-order chi connectivity index (χ1) is 15.9. The molecule has 3 rings (SSSR count). The van der Waals surface area contributed by atoms with Crippen LogP contribution in [0, 0.1) is 18.3 Å². The van der Waals surface area contributed by atoms with Gasteiger partial charge in [0.25, 0.3) is 0 Å². The number of aromatic nitrogens is 2. The summed E-state index contributed by atoms with van der Waals surface area (Å²) in [6.45, 7) is 7.29. The van der Waals surface area contributed by atoms with Crippen molar-refractivity contribution in [3.05, 3.63) is 63.8 Å². The molecule has 1 amide bonds. The Bertz CT molecular complexity index is 1200. The van der Waals surface area contributed by atoms with Crippen LogP contribution >= 0.6 is 23.1 Å². The second-order valence-electron chi connectivity index (χ2n) is 7.09. The summed E-state index contributed by atoms with van der Waals surface area (Å²) in [5.41, 5.74) is 3.85. The number of rotatable bonds is 8. The summed E-state index contributed by atoms with van der Waals surface area (Å²) in [4.78, 5) is 35.1. The molecule has 33 heavy (non-hydrogen) atoms. The van der Waals surface area contributed by atoms with Crippen molar-refractivity contribution in [3.63, 3.8) is 0 Å². The summed E-state index contributed by atoms with van der Waals surface area (Å²) < 4.78 is 5.04. The Morgan fingerprint density at radius 3 is 2.55 bits per heavy atom. The highest BCUT2D eigenvalue weighted by atomic mass is 32.2. The normalized spacial score (nSPS) is 10.5. The fourth-order valence-corrected chi connectivity index (χ4v) is 4.99. The lowest BCUT2D eigenvalue weighted by Gasteiger charge is -2.18. The predicted molar refractivity (Wildman–Crippen MR) is 130 cm³/mol. The quantitative estimate of drug-likeness (QED) is 0.313. The largest absolute Gasteiger partial charge is 0.462 e. The summed E-state index contributed by atoms with van der Waals surface area (Å²) >= 11 is 2.75. The van der Waals surface area contributed by atoms with Gasteiger partial charge < -0.3 is 4.74 Å². The van der Waals surface area contributed by atoms with E-state index in [1.807, 2.05) is 29.6 Å². The third kappa shape index (κ3) is 5.78. The topological polar surface area (TPSA) is 96.2 Å². The Morgan fingerprint density at radius 2 is 1.94 bits per heavy atom. The van der Waals surface area contributed by atoms with Gasteiger partial charge in [-0.05, 0) is 44.0 Å². The number of esters is 1. The number of amides is 1. The van der Waals surface area contributed by atoms with Crippen LogP contribution in [0.4, 0.5) is 10.8 Å². The molecule has 0 aliphatic heterocycles. The molecule has 1 aromatic carbocycles. The highest BCUT2D eigenvalue weighted by Crippen LogP contribution is 2.32. The van der Waals surface area contributed by atoms with Crippen LogP contribution < -0.4 is 4.90 Å². The minimum Gasteiger partial charge on any atom is -0.462 e. The molecule has 0 spiro atoms. The molecule has 0 aliphatic rings. The van der Waals surface area contributed by atoms with Crippen molar-refractivity contribution in [1.82, 2.24) is 9.97 Å². The third-order valence-electron chi connectivity index (χ3n) is 4.80. The molecule has 170 valence electrons. The number of aryl methyl sites for hydroxylation is 2. The number of carbonyl (C=O) groups excluding carboxylic acids is 2. The number of carbonyl (C=O) groups is 2. The average molecular weight is 481 g/mol. The fraction of sp³-hybridized carbons (Fsp3) is 0.292. The molecule has 0 N–H and O–H groups in total. The van der Waals surface area contributed by atoms with Gasteiger partial charge in [0.2, 0.25) is 5.91 Å². The lowest BCUT2D eigenvalue weighted by Crippen LogP contribution is -2.22. The molecule has 2 heterocycles. The molecule has 0 saturated heterocycles. The van der Waals surface area contributed by atoms with E-state index in [0.717, 1.165) is 17.8 Å². The molecule has 2 aromatic heterocycles. The molecular formula is C24H24N4O3S2. The molecule has 0 radical (unpaired) electrons. The Labute approximate surface area is 201 Å². The van der Waals surface area contributed by atoms with Crippen LogP contribution in [0.3, 0.4) is 0 Å². The summed E-state index contributed by atoms with van der Waals surface area (Å²) in [5, 5.41) is 12.5. The number of anilines is 2. The van der Waals surface area contributed by atoms with Gasteiger partial charge in [-0.1, -0.05) is 30.8 Å². The van der Waals surface area contributed by atoms with Crippen LogP contribution in [0.2, 0.25) is 0 Å². The SMILES string of the molecule is CCOC(=O)c1cc(C#N)c(SCc2csc(N(C(C)=O)c3ccc(CC)cc3)n2)nc1C. The first-order valence-electron chi connectivity index (χ1n) is 10.4. The zero-order valence-electron chi connectivity index (χ0n) is 18.9. The number of thioether (sulfide) groups is 1. The number of hydrogen-bond acceptors (Lipinski definition) is 8. The smallest absolute Gasteiger partial charge is 0.340 e. The second kappa shape index (κ2) is 11.1. The Kier molecular flexibility index (Phi) is 8.20. The van der Waals surface area contributed by atoms with E-state index in [4.69, 9.17) is 4.74 Å². The predicted octanol–water partition coefficient (Wildman–Crippen LogP) is 5.43. The zero-order chi connectivity index (χ0) is 24.0. The Hall–Kier alpha value is -3.22. The molecule has 7 nitrogen and oxygen atoms in total. The minimum absolute atomic E-state index is 0.119. The third-order valence-corrected chi connectivity index (χ3v) is 6.70. The number of thiazole rings is 1. The maximum absolute atomic E-state index is 12.3. The monoisotopic (exact) mass is 480 g/mol. The molecule has 0 aliphatic carbocycles. The Morgan fingerprint density at radius 1 is 1.21 bits per heavy atom. The number of benzene rings is 1. The molecule has 0 unspecified atom stereocenters. The van der Waals surface area contributed by atoms with Gasteiger partial charge in [0, 0.05) is 18.1 Å². The van der Waals surface area contributed by atoms with Crippen molar-refractivity contribution in [1.29, 1.82) is 5.26 Å². The first kappa shape index (κ1) is 24.4. The summed E-state index contributed by atoms with van der Waals surface area (Å²) in [6.07, 6.45) is 0.929. The van der Waals surface area contributed by atoms with Crippen LogP contribution in [0.5, 0.6) is 0 Å². The number of nitrogens with zero attached hydrogens (tertiary/aromatic N) is 4. The van der Waals surface area contributed by atoms with Crippen LogP contribution in [-0.4, -0.2) is 28.5 Å². The van der Waals surface area contributed by atoms with Gasteiger partial charge in [-0.3, -0.25) is 9.69 Å². The van der Waals surface area contributed by atoms with E-state index in [9.17, 15) is 14.9 Å². The van der Waals surface area contributed by atoms with Gasteiger partial charge in [-0.2, -0.15) is 5.26 Å². The van der Waals surface area contributed by atoms with Crippen molar-refractivity contribution in [2.75, 3.05) is 11.5 Å². The van der Waals surface area contributed by atoms with Crippen molar-refractivity contribution < 1.29 is 14.3 Å². The molecular weight excluding hydrogens is 456 g/mol. The molecule has 0 saturated carbocycles. The van der Waals surface area contributed by atoms with Crippen LogP contribution in [0.25, 0.3) is 0 Å². The van der Waals surface area contributed by atoms with Crippen molar-refractivity contribution >= 4 is 45.8 Å². The summed E-state index contributed by atoms with van der Waals surface area (Å²) in [7, 11) is 0. The molecule has 3 aromatic rings. The van der Waals surface area contributed by atoms with Gasteiger partial charge in [0.1, 0.15) is 11.1 Å². The van der Waals surface area contributed by atoms with E-state index < -0.39 is 5.97 Å². The molecule has 0 atom stereocenters. The Balaban J connectivity index is 1.79. The van der Waals surface area contributed by atoms with Crippen LogP contribution in [0.15, 0.2) is 40.7 Å². The van der Waals surface area contributed by atoms with Gasteiger partial charge in [0.15, 0.2) is 5.13 Å². The van der Waals surface area contributed by atoms with Crippen molar-refractivity contribution in [3.8, 4) is 6.07 Å². The van der Waals surface area contributed by atoms with Crippen molar-refractivity contribution in [2.24, 2.45) is 0 Å². The average Bonchev–Trinajstić information content (AvgIpc) is 3.26. The second-order valence-corrected chi connectivity index (χ2v) is 8.89. The van der Waals surface area contributed by atoms with E-state index in [-0.39, 0.29) is 12.5 Å². The van der Waals surface area contributed by atoms with Gasteiger partial charge in [-0.15, -0.1) is 11.3 Å². The number of pyridine rings is 1. The summed E-state index contributed by atoms with van der Waals surface area (Å²) in [5.74, 6) is -0.140. The molecule has 9 heteroatoms. The number of hydrogen-bond donors (Lipinski definition) is 0. The lowest BCUT2D eigenvalue weighted by molar-refractivity contribution is -0.115. The fourth-order valence-electron chi connectivity index (χ4n) is 3.10. The highest BCUT2D eigenvalue weighted by Gasteiger charge is 2.19. The van der Waals surface area contributed by atoms with E-state index >= 15 is 0 Å². The van der Waals surface area contributed by atoms with E-state index in [1.165, 1.54) is 41.7 Å².